The number of para-hydroxylation sites is 1. The maximum atomic E-state index is 12.1. The van der Waals surface area contributed by atoms with Gasteiger partial charge < -0.3 is 15.0 Å². The lowest BCUT2D eigenvalue weighted by Gasteiger charge is -2.16. The molecule has 0 saturated heterocycles. The molecule has 4 nitrogen and oxygen atoms in total. The molecule has 25 heavy (non-hydrogen) atoms. The molecule has 0 aliphatic carbocycles. The van der Waals surface area contributed by atoms with Crippen molar-refractivity contribution in [3.8, 4) is 0 Å². The monoisotopic (exact) mass is 336 g/mol. The van der Waals surface area contributed by atoms with Gasteiger partial charge in [-0.25, -0.2) is 0 Å². The number of methoxy groups -OCH3 is 1. The highest BCUT2D eigenvalue weighted by Crippen LogP contribution is 2.19. The number of nitrogens with one attached hydrogen (secondary N) is 2. The highest BCUT2D eigenvalue weighted by atomic mass is 16.5. The first-order valence-corrected chi connectivity index (χ1v) is 8.67. The Morgan fingerprint density at radius 3 is 2.68 bits per heavy atom. The molecule has 0 fully saturated rings. The number of aryl methyl sites for hydroxylation is 1. The van der Waals surface area contributed by atoms with Gasteiger partial charge in [-0.3, -0.25) is 4.79 Å². The van der Waals surface area contributed by atoms with Gasteiger partial charge in [0.25, 0.3) is 0 Å². The normalized spacial score (nSPS) is 12.2. The molecule has 2 N–H and O–H groups in total. The Labute approximate surface area is 148 Å². The van der Waals surface area contributed by atoms with E-state index < -0.39 is 0 Å². The molecule has 0 radical (unpaired) electrons. The van der Waals surface area contributed by atoms with Crippen molar-refractivity contribution in [1.29, 1.82) is 0 Å². The Hall–Kier alpha value is -2.59. The summed E-state index contributed by atoms with van der Waals surface area (Å²) in [6.45, 7) is 0.492. The lowest BCUT2D eigenvalue weighted by atomic mass is 10.1. The molecule has 1 atom stereocenters. The van der Waals surface area contributed by atoms with Crippen molar-refractivity contribution in [3.63, 3.8) is 0 Å². The Bertz CT molecular complexity index is 811. The van der Waals surface area contributed by atoms with Crippen LogP contribution >= 0.6 is 0 Å². The van der Waals surface area contributed by atoms with Crippen molar-refractivity contribution >= 4 is 16.8 Å². The number of ether oxygens (including phenoxy) is 1. The maximum Gasteiger partial charge on any atom is 0.220 e. The second kappa shape index (κ2) is 8.49. The molecule has 3 aromatic rings. The standard InChI is InChI=1S/C21H24N2O2/c1-25-20(16-8-3-2-4-9-16)15-23-21(24)13-7-10-17-14-22-19-12-6-5-11-18(17)19/h2-6,8-9,11-12,14,20,22H,7,10,13,15H2,1H3,(H,23,24). The summed E-state index contributed by atoms with van der Waals surface area (Å²) in [5.74, 6) is 0.0674. The van der Waals surface area contributed by atoms with Gasteiger partial charge in [-0.1, -0.05) is 48.5 Å². The molecule has 0 aliphatic rings. The molecule has 4 heteroatoms. The summed E-state index contributed by atoms with van der Waals surface area (Å²) in [6.07, 6.45) is 4.17. The van der Waals surface area contributed by atoms with Crippen molar-refractivity contribution in [2.24, 2.45) is 0 Å². The molecule has 130 valence electrons. The van der Waals surface area contributed by atoms with Gasteiger partial charge >= 0.3 is 0 Å². The molecule has 1 amide bonds. The molecule has 1 heterocycles. The van der Waals surface area contributed by atoms with E-state index in [0.717, 1.165) is 23.9 Å². The van der Waals surface area contributed by atoms with Gasteiger partial charge in [0, 0.05) is 37.2 Å². The number of H-pyrrole nitrogens is 1. The number of amides is 1. The average molecular weight is 336 g/mol. The van der Waals surface area contributed by atoms with E-state index in [2.05, 4.69) is 22.4 Å². The minimum absolute atomic E-state index is 0.0674. The van der Waals surface area contributed by atoms with Crippen LogP contribution < -0.4 is 5.32 Å². The van der Waals surface area contributed by atoms with E-state index in [1.165, 1.54) is 10.9 Å². The van der Waals surface area contributed by atoms with Gasteiger partial charge in [0.1, 0.15) is 0 Å². The largest absolute Gasteiger partial charge is 0.375 e. The Morgan fingerprint density at radius 1 is 1.12 bits per heavy atom. The topological polar surface area (TPSA) is 54.1 Å². The minimum Gasteiger partial charge on any atom is -0.375 e. The van der Waals surface area contributed by atoms with Gasteiger partial charge in [0.05, 0.1) is 6.10 Å². The van der Waals surface area contributed by atoms with Crippen LogP contribution in [0.3, 0.4) is 0 Å². The van der Waals surface area contributed by atoms with Crippen molar-refractivity contribution in [2.45, 2.75) is 25.4 Å². The number of hydrogen-bond donors (Lipinski definition) is 2. The number of hydrogen-bond acceptors (Lipinski definition) is 2. The number of aromatic nitrogens is 1. The Balaban J connectivity index is 1.45. The fourth-order valence-electron chi connectivity index (χ4n) is 3.08. The second-order valence-electron chi connectivity index (χ2n) is 6.15. The van der Waals surface area contributed by atoms with Crippen LogP contribution in [0.2, 0.25) is 0 Å². The Kier molecular flexibility index (Phi) is 5.86. The predicted molar refractivity (Wildman–Crippen MR) is 100 cm³/mol. The third-order valence-electron chi connectivity index (χ3n) is 4.47. The second-order valence-corrected chi connectivity index (χ2v) is 6.15. The first kappa shape index (κ1) is 17.2. The zero-order valence-electron chi connectivity index (χ0n) is 14.5. The summed E-state index contributed by atoms with van der Waals surface area (Å²) in [5, 5.41) is 4.22. The fraction of sp³-hybridized carbons (Fsp3) is 0.286. The van der Waals surface area contributed by atoms with Crippen LogP contribution in [0.1, 0.15) is 30.1 Å². The number of carbonyl (C=O) groups is 1. The summed E-state index contributed by atoms with van der Waals surface area (Å²) in [5.41, 5.74) is 3.49. The van der Waals surface area contributed by atoms with Crippen molar-refractivity contribution in [1.82, 2.24) is 10.3 Å². The SMILES string of the molecule is COC(CNC(=O)CCCc1c[nH]c2ccccc12)c1ccccc1. The van der Waals surface area contributed by atoms with E-state index in [4.69, 9.17) is 4.74 Å². The summed E-state index contributed by atoms with van der Waals surface area (Å²) in [7, 11) is 1.67. The average Bonchev–Trinajstić information content (AvgIpc) is 3.06. The van der Waals surface area contributed by atoms with Gasteiger partial charge in [-0.05, 0) is 30.0 Å². The number of carbonyl (C=O) groups excluding carboxylic acids is 1. The van der Waals surface area contributed by atoms with Crippen molar-refractivity contribution < 1.29 is 9.53 Å². The molecule has 0 saturated carbocycles. The number of benzene rings is 2. The molecule has 1 aromatic heterocycles. The summed E-state index contributed by atoms with van der Waals surface area (Å²) < 4.78 is 5.48. The third kappa shape index (κ3) is 4.48. The summed E-state index contributed by atoms with van der Waals surface area (Å²) in [4.78, 5) is 15.4. The molecular weight excluding hydrogens is 312 g/mol. The quantitative estimate of drug-likeness (QED) is 0.653. The predicted octanol–water partition coefficient (Wildman–Crippen LogP) is 3.99. The molecule has 0 bridgehead atoms. The molecule has 3 rings (SSSR count). The number of rotatable bonds is 8. The van der Waals surface area contributed by atoms with E-state index in [1.54, 1.807) is 7.11 Å². The number of aromatic amines is 1. The Morgan fingerprint density at radius 2 is 1.88 bits per heavy atom. The first-order chi connectivity index (χ1) is 12.3. The van der Waals surface area contributed by atoms with Crippen LogP contribution in [-0.4, -0.2) is 24.5 Å². The van der Waals surface area contributed by atoms with E-state index in [-0.39, 0.29) is 12.0 Å². The summed E-state index contributed by atoms with van der Waals surface area (Å²) in [6, 6.07) is 18.2. The smallest absolute Gasteiger partial charge is 0.220 e. The van der Waals surface area contributed by atoms with Gasteiger partial charge in [0.2, 0.25) is 5.91 Å². The third-order valence-corrected chi connectivity index (χ3v) is 4.47. The minimum atomic E-state index is -0.112. The van der Waals surface area contributed by atoms with E-state index in [9.17, 15) is 4.79 Å². The highest BCUT2D eigenvalue weighted by molar-refractivity contribution is 5.83. The van der Waals surface area contributed by atoms with Crippen LogP contribution in [0.5, 0.6) is 0 Å². The van der Waals surface area contributed by atoms with Crippen LogP contribution in [-0.2, 0) is 16.0 Å². The highest BCUT2D eigenvalue weighted by Gasteiger charge is 2.12. The first-order valence-electron chi connectivity index (χ1n) is 8.67. The maximum absolute atomic E-state index is 12.1. The molecule has 0 aliphatic heterocycles. The lowest BCUT2D eigenvalue weighted by molar-refractivity contribution is -0.121. The molecule has 1 unspecified atom stereocenters. The van der Waals surface area contributed by atoms with E-state index >= 15 is 0 Å². The van der Waals surface area contributed by atoms with Crippen LogP contribution in [0.25, 0.3) is 10.9 Å². The molecule has 0 spiro atoms. The van der Waals surface area contributed by atoms with Crippen LogP contribution in [0, 0.1) is 0 Å². The molecule has 2 aromatic carbocycles. The molecular formula is C21H24N2O2. The zero-order valence-corrected chi connectivity index (χ0v) is 14.5. The van der Waals surface area contributed by atoms with Gasteiger partial charge in [-0.15, -0.1) is 0 Å². The van der Waals surface area contributed by atoms with E-state index in [1.807, 2.05) is 48.7 Å². The van der Waals surface area contributed by atoms with Gasteiger partial charge in [-0.2, -0.15) is 0 Å². The number of fused-ring (bicyclic) bond motifs is 1. The summed E-state index contributed by atoms with van der Waals surface area (Å²) >= 11 is 0. The van der Waals surface area contributed by atoms with Gasteiger partial charge in [0.15, 0.2) is 0 Å². The van der Waals surface area contributed by atoms with Crippen LogP contribution in [0.15, 0.2) is 60.8 Å². The van der Waals surface area contributed by atoms with Crippen LogP contribution in [0.4, 0.5) is 0 Å². The lowest BCUT2D eigenvalue weighted by Crippen LogP contribution is -2.29. The zero-order chi connectivity index (χ0) is 17.5. The van der Waals surface area contributed by atoms with E-state index in [0.29, 0.717) is 13.0 Å². The van der Waals surface area contributed by atoms with Crippen molar-refractivity contribution in [2.75, 3.05) is 13.7 Å². The fourth-order valence-corrected chi connectivity index (χ4v) is 3.08. The van der Waals surface area contributed by atoms with Crippen molar-refractivity contribution in [3.05, 3.63) is 71.9 Å².